The van der Waals surface area contributed by atoms with E-state index in [1.54, 1.807) is 18.2 Å². The van der Waals surface area contributed by atoms with E-state index in [2.05, 4.69) is 9.99 Å². The fourth-order valence-electron chi connectivity index (χ4n) is 1.09. The highest BCUT2D eigenvalue weighted by Crippen LogP contribution is 2.09. The van der Waals surface area contributed by atoms with E-state index in [0.717, 1.165) is 0 Å². The Morgan fingerprint density at radius 3 is 2.53 bits per heavy atom. The number of alkyl halides is 2. The Hall–Kier alpha value is -1.53. The number of benzene rings is 1. The van der Waals surface area contributed by atoms with Gasteiger partial charge in [-0.1, -0.05) is 35.5 Å². The van der Waals surface area contributed by atoms with E-state index in [-0.39, 0.29) is 18.7 Å². The van der Waals surface area contributed by atoms with Crippen molar-refractivity contribution in [3.63, 3.8) is 0 Å². The molecule has 0 heterocycles. The minimum absolute atomic E-state index is 0.00906. The van der Waals surface area contributed by atoms with Crippen molar-refractivity contribution in [2.45, 2.75) is 12.5 Å². The highest BCUT2D eigenvalue weighted by molar-refractivity contribution is 6.02. The molecule has 94 valence electrons. The number of oxime groups is 1. The molecule has 1 aromatic rings. The Labute approximate surface area is 97.7 Å². The van der Waals surface area contributed by atoms with E-state index in [9.17, 15) is 8.78 Å². The zero-order valence-corrected chi connectivity index (χ0v) is 9.09. The van der Waals surface area contributed by atoms with Crippen LogP contribution >= 0.6 is 0 Å². The van der Waals surface area contributed by atoms with Gasteiger partial charge in [0.1, 0.15) is 12.7 Å². The zero-order valence-electron chi connectivity index (χ0n) is 9.09. The molecular formula is C11H14F2N2O2. The van der Waals surface area contributed by atoms with Gasteiger partial charge in [0.05, 0.1) is 0 Å². The Balaban J connectivity index is 2.70. The van der Waals surface area contributed by atoms with Gasteiger partial charge < -0.3 is 15.7 Å². The molecule has 0 radical (unpaired) electrons. The van der Waals surface area contributed by atoms with Crippen molar-refractivity contribution in [1.82, 2.24) is 0 Å². The first-order valence-electron chi connectivity index (χ1n) is 5.06. The van der Waals surface area contributed by atoms with Gasteiger partial charge in [0.15, 0.2) is 5.71 Å². The molecule has 0 fully saturated rings. The van der Waals surface area contributed by atoms with E-state index in [4.69, 9.17) is 10.8 Å². The predicted molar refractivity (Wildman–Crippen MR) is 60.0 cm³/mol. The summed E-state index contributed by atoms with van der Waals surface area (Å²) in [5.41, 5.74) is 4.95. The smallest absolute Gasteiger partial charge is 0.284 e. The number of nitrogens with zero attached hydrogens (tertiary/aromatic N) is 1. The average molecular weight is 244 g/mol. The Kier molecular flexibility index (Phi) is 5.51. The molecule has 0 bridgehead atoms. The van der Waals surface area contributed by atoms with Gasteiger partial charge in [-0.05, 0) is 0 Å². The third kappa shape index (κ3) is 4.46. The molecule has 0 aromatic heterocycles. The third-order valence-corrected chi connectivity index (χ3v) is 1.98. The summed E-state index contributed by atoms with van der Waals surface area (Å²) in [6, 6.07) is 7.98. The largest absolute Gasteiger partial charge is 0.393 e. The molecule has 4 nitrogen and oxygen atoms in total. The molecule has 0 aliphatic rings. The normalized spacial score (nSPS) is 13.8. The van der Waals surface area contributed by atoms with Crippen LogP contribution in [0.25, 0.3) is 0 Å². The highest BCUT2D eigenvalue weighted by atomic mass is 19.3. The standard InChI is InChI=1S/C11H14F2N2O2/c12-11(13)10(8-4-2-1-3-5-8)15-17-7-9(16)6-14/h1-5,9,11,16H,6-7,14H2. The fraction of sp³-hybridized carbons (Fsp3) is 0.364. The first-order valence-corrected chi connectivity index (χ1v) is 5.06. The second-order valence-corrected chi connectivity index (χ2v) is 3.33. The fourth-order valence-corrected chi connectivity index (χ4v) is 1.09. The number of hydrogen-bond donors (Lipinski definition) is 2. The topological polar surface area (TPSA) is 67.8 Å². The predicted octanol–water partition coefficient (Wildman–Crippen LogP) is 0.992. The lowest BCUT2D eigenvalue weighted by Crippen LogP contribution is -2.24. The molecule has 6 heteroatoms. The van der Waals surface area contributed by atoms with Crippen LogP contribution in [-0.2, 0) is 4.84 Å². The monoisotopic (exact) mass is 244 g/mol. The summed E-state index contributed by atoms with van der Waals surface area (Å²) in [5, 5.41) is 12.4. The maximum Gasteiger partial charge on any atom is 0.284 e. The van der Waals surface area contributed by atoms with Gasteiger partial charge in [-0.2, -0.15) is 0 Å². The number of aliphatic hydroxyl groups excluding tert-OH is 1. The van der Waals surface area contributed by atoms with E-state index in [0.29, 0.717) is 0 Å². The van der Waals surface area contributed by atoms with Crippen LogP contribution in [0.1, 0.15) is 5.56 Å². The first-order chi connectivity index (χ1) is 8.15. The van der Waals surface area contributed by atoms with E-state index < -0.39 is 18.2 Å². The number of halogens is 2. The lowest BCUT2D eigenvalue weighted by Gasteiger charge is -2.08. The minimum atomic E-state index is -2.74. The van der Waals surface area contributed by atoms with Crippen molar-refractivity contribution in [3.8, 4) is 0 Å². The van der Waals surface area contributed by atoms with Gasteiger partial charge in [0.2, 0.25) is 0 Å². The number of rotatable bonds is 6. The molecule has 0 aliphatic carbocycles. The molecular weight excluding hydrogens is 230 g/mol. The Bertz CT molecular complexity index is 358. The average Bonchev–Trinajstić information content (AvgIpc) is 2.34. The van der Waals surface area contributed by atoms with Crippen LogP contribution in [0.15, 0.2) is 35.5 Å². The van der Waals surface area contributed by atoms with Crippen LogP contribution in [-0.4, -0.2) is 36.5 Å². The Morgan fingerprint density at radius 2 is 2.00 bits per heavy atom. The second-order valence-electron chi connectivity index (χ2n) is 3.33. The Morgan fingerprint density at radius 1 is 1.35 bits per heavy atom. The maximum atomic E-state index is 12.7. The van der Waals surface area contributed by atoms with Crippen molar-refractivity contribution in [2.75, 3.05) is 13.2 Å². The highest BCUT2D eigenvalue weighted by Gasteiger charge is 2.16. The zero-order chi connectivity index (χ0) is 12.7. The van der Waals surface area contributed by atoms with Gasteiger partial charge in [-0.25, -0.2) is 8.78 Å². The summed E-state index contributed by atoms with van der Waals surface area (Å²) in [5.74, 6) is 0. The van der Waals surface area contributed by atoms with Crippen molar-refractivity contribution < 1.29 is 18.7 Å². The summed E-state index contributed by atoms with van der Waals surface area (Å²) in [7, 11) is 0. The molecule has 1 aromatic carbocycles. The van der Waals surface area contributed by atoms with Gasteiger partial charge in [0.25, 0.3) is 6.43 Å². The molecule has 17 heavy (non-hydrogen) atoms. The summed E-state index contributed by atoms with van der Waals surface area (Å²) in [6.07, 6.45) is -3.65. The second kappa shape index (κ2) is 6.93. The number of hydrogen-bond acceptors (Lipinski definition) is 4. The summed E-state index contributed by atoms with van der Waals surface area (Å²) in [6.45, 7) is -0.218. The molecule has 0 spiro atoms. The van der Waals surface area contributed by atoms with Gasteiger partial charge >= 0.3 is 0 Å². The van der Waals surface area contributed by atoms with Crippen LogP contribution in [0.5, 0.6) is 0 Å². The number of nitrogens with two attached hydrogens (primary N) is 1. The van der Waals surface area contributed by atoms with Crippen molar-refractivity contribution in [1.29, 1.82) is 0 Å². The third-order valence-electron chi connectivity index (χ3n) is 1.98. The maximum absolute atomic E-state index is 12.7. The van der Waals surface area contributed by atoms with Crippen molar-refractivity contribution in [2.24, 2.45) is 10.9 Å². The summed E-state index contributed by atoms with van der Waals surface area (Å²) < 4.78 is 25.4. The van der Waals surface area contributed by atoms with Crippen molar-refractivity contribution in [3.05, 3.63) is 35.9 Å². The molecule has 1 atom stereocenters. The molecule has 1 rings (SSSR count). The van der Waals surface area contributed by atoms with Crippen LogP contribution in [0.4, 0.5) is 8.78 Å². The quantitative estimate of drug-likeness (QED) is 0.579. The van der Waals surface area contributed by atoms with E-state index in [1.807, 2.05) is 0 Å². The first kappa shape index (κ1) is 13.5. The molecule has 0 amide bonds. The van der Waals surface area contributed by atoms with Gasteiger partial charge in [-0.15, -0.1) is 0 Å². The van der Waals surface area contributed by atoms with Crippen LogP contribution in [0, 0.1) is 0 Å². The number of aliphatic hydroxyl groups is 1. The van der Waals surface area contributed by atoms with Crippen LogP contribution < -0.4 is 5.73 Å². The van der Waals surface area contributed by atoms with Crippen molar-refractivity contribution >= 4 is 5.71 Å². The summed E-state index contributed by atoms with van der Waals surface area (Å²) in [4.78, 5) is 4.64. The van der Waals surface area contributed by atoms with E-state index in [1.165, 1.54) is 12.1 Å². The lowest BCUT2D eigenvalue weighted by atomic mass is 10.1. The minimum Gasteiger partial charge on any atom is -0.393 e. The van der Waals surface area contributed by atoms with Gasteiger partial charge in [-0.3, -0.25) is 0 Å². The van der Waals surface area contributed by atoms with Crippen LogP contribution in [0.2, 0.25) is 0 Å². The molecule has 1 unspecified atom stereocenters. The van der Waals surface area contributed by atoms with Gasteiger partial charge in [0, 0.05) is 12.1 Å². The van der Waals surface area contributed by atoms with Crippen LogP contribution in [0.3, 0.4) is 0 Å². The molecule has 0 saturated heterocycles. The molecule has 3 N–H and O–H groups in total. The lowest BCUT2D eigenvalue weighted by molar-refractivity contribution is 0.0427. The SMILES string of the molecule is NCC(O)CON=C(c1ccccc1)C(F)F. The summed E-state index contributed by atoms with van der Waals surface area (Å²) >= 11 is 0. The molecule has 0 aliphatic heterocycles. The van der Waals surface area contributed by atoms with E-state index >= 15 is 0 Å². The molecule has 0 saturated carbocycles.